The van der Waals surface area contributed by atoms with Crippen molar-refractivity contribution in [3.05, 3.63) is 43.7 Å². The van der Waals surface area contributed by atoms with Gasteiger partial charge in [0.2, 0.25) is 0 Å². The van der Waals surface area contributed by atoms with Crippen LogP contribution in [0.25, 0.3) is 10.9 Å². The third-order valence-electron chi connectivity index (χ3n) is 4.01. The third-order valence-corrected chi connectivity index (χ3v) is 6.31. The molecule has 3 aromatic rings. The van der Waals surface area contributed by atoms with Crippen molar-refractivity contribution < 1.29 is 4.92 Å². The van der Waals surface area contributed by atoms with Crippen LogP contribution in [0.4, 0.5) is 5.69 Å². The summed E-state index contributed by atoms with van der Waals surface area (Å²) in [6, 6.07) is 3.99. The molecule has 1 aromatic carbocycles. The minimum atomic E-state index is -0.522. The highest BCUT2D eigenvalue weighted by Gasteiger charge is 2.27. The van der Waals surface area contributed by atoms with Gasteiger partial charge in [-0.25, -0.2) is 4.68 Å². The zero-order valence-electron chi connectivity index (χ0n) is 13.6. The number of rotatable bonds is 7. The number of nitro benzene ring substituents is 1. The highest BCUT2D eigenvalue weighted by atomic mass is 32.2. The monoisotopic (exact) mass is 390 g/mol. The standard InChI is InChI=1S/C15H14N6O3S2/c22-14-11-5-4-10(21(23)24)8-12(11)16-19-20(14)6-1-7-25-15-18-17-13(26-15)9-2-3-9/h4-5,8-9H,1-3,6-7H2. The molecular formula is C15H14N6O3S2. The molecule has 1 fully saturated rings. The number of thioether (sulfide) groups is 1. The molecule has 11 heteroatoms. The average molecular weight is 390 g/mol. The van der Waals surface area contributed by atoms with Gasteiger partial charge in [-0.2, -0.15) is 0 Å². The second-order valence-electron chi connectivity index (χ2n) is 5.96. The van der Waals surface area contributed by atoms with Crippen LogP contribution in [0.3, 0.4) is 0 Å². The van der Waals surface area contributed by atoms with Gasteiger partial charge in [0, 0.05) is 30.3 Å². The Bertz CT molecular complexity index is 1030. The summed E-state index contributed by atoms with van der Waals surface area (Å²) >= 11 is 3.27. The number of hydrogen-bond acceptors (Lipinski definition) is 9. The number of fused-ring (bicyclic) bond motifs is 1. The van der Waals surface area contributed by atoms with E-state index in [-0.39, 0.29) is 16.8 Å². The Morgan fingerprint density at radius 1 is 1.31 bits per heavy atom. The van der Waals surface area contributed by atoms with E-state index in [1.54, 1.807) is 23.1 Å². The molecule has 0 aliphatic heterocycles. The molecule has 0 unspecified atom stereocenters. The van der Waals surface area contributed by atoms with Crippen LogP contribution < -0.4 is 5.56 Å². The van der Waals surface area contributed by atoms with Crippen molar-refractivity contribution in [2.45, 2.75) is 36.1 Å². The van der Waals surface area contributed by atoms with Crippen LogP contribution in [-0.2, 0) is 6.54 Å². The molecule has 1 saturated carbocycles. The molecule has 0 atom stereocenters. The van der Waals surface area contributed by atoms with Gasteiger partial charge in [0.05, 0.1) is 10.3 Å². The molecule has 0 N–H and O–H groups in total. The van der Waals surface area contributed by atoms with Crippen molar-refractivity contribution in [1.82, 2.24) is 25.2 Å². The molecule has 4 rings (SSSR count). The van der Waals surface area contributed by atoms with E-state index in [0.717, 1.165) is 21.5 Å². The SMILES string of the molecule is O=c1c2ccc([N+](=O)[O-])cc2nnn1CCCSc1nnc(C2CC2)s1. The topological polar surface area (TPSA) is 117 Å². The second-order valence-corrected chi connectivity index (χ2v) is 8.31. The van der Waals surface area contributed by atoms with Crippen molar-refractivity contribution in [3.8, 4) is 0 Å². The number of aryl methyl sites for hydroxylation is 1. The molecular weight excluding hydrogens is 376 g/mol. The minimum Gasteiger partial charge on any atom is -0.267 e. The lowest BCUT2D eigenvalue weighted by atomic mass is 10.2. The largest absolute Gasteiger partial charge is 0.277 e. The van der Waals surface area contributed by atoms with Crippen LogP contribution in [0.2, 0.25) is 0 Å². The third kappa shape index (κ3) is 3.58. The van der Waals surface area contributed by atoms with Crippen LogP contribution in [0.1, 0.15) is 30.2 Å². The Hall–Kier alpha value is -2.40. The number of non-ortho nitro benzene ring substituents is 1. The maximum absolute atomic E-state index is 12.4. The fraction of sp³-hybridized carbons (Fsp3) is 0.400. The van der Waals surface area contributed by atoms with E-state index < -0.39 is 4.92 Å². The smallest absolute Gasteiger partial charge is 0.267 e. The first kappa shape index (κ1) is 17.0. The Labute approximate surface area is 155 Å². The minimum absolute atomic E-state index is 0.108. The lowest BCUT2D eigenvalue weighted by Gasteiger charge is -2.04. The molecule has 134 valence electrons. The number of aromatic nitrogens is 5. The van der Waals surface area contributed by atoms with Crippen LogP contribution in [0.15, 0.2) is 27.3 Å². The number of hydrogen-bond donors (Lipinski definition) is 0. The van der Waals surface area contributed by atoms with Gasteiger partial charge in [-0.05, 0) is 25.3 Å². The fourth-order valence-electron chi connectivity index (χ4n) is 2.47. The summed E-state index contributed by atoms with van der Waals surface area (Å²) in [5, 5.41) is 28.5. The maximum Gasteiger partial charge on any atom is 0.277 e. The van der Waals surface area contributed by atoms with Crippen LogP contribution in [0, 0.1) is 10.1 Å². The summed E-state index contributed by atoms with van der Waals surface area (Å²) in [6.45, 7) is 0.431. The van der Waals surface area contributed by atoms with Gasteiger partial charge in [0.1, 0.15) is 10.5 Å². The highest BCUT2D eigenvalue weighted by molar-refractivity contribution is 8.01. The Balaban J connectivity index is 1.38. The van der Waals surface area contributed by atoms with Gasteiger partial charge in [0.25, 0.3) is 11.2 Å². The number of benzene rings is 1. The van der Waals surface area contributed by atoms with Crippen molar-refractivity contribution >= 4 is 39.7 Å². The van der Waals surface area contributed by atoms with E-state index in [0.29, 0.717) is 17.8 Å². The van der Waals surface area contributed by atoms with E-state index in [1.165, 1.54) is 35.7 Å². The normalized spacial score (nSPS) is 14.0. The zero-order valence-corrected chi connectivity index (χ0v) is 15.2. The van der Waals surface area contributed by atoms with Gasteiger partial charge in [0.15, 0.2) is 4.34 Å². The lowest BCUT2D eigenvalue weighted by molar-refractivity contribution is -0.384. The fourth-order valence-corrected chi connectivity index (χ4v) is 4.51. The van der Waals surface area contributed by atoms with E-state index >= 15 is 0 Å². The molecule has 0 spiro atoms. The Morgan fingerprint density at radius 3 is 2.92 bits per heavy atom. The molecule has 0 amide bonds. The lowest BCUT2D eigenvalue weighted by Crippen LogP contribution is -2.24. The molecule has 0 bridgehead atoms. The Kier molecular flexibility index (Phi) is 4.64. The molecule has 0 saturated heterocycles. The van der Waals surface area contributed by atoms with Crippen LogP contribution >= 0.6 is 23.1 Å². The van der Waals surface area contributed by atoms with E-state index in [9.17, 15) is 14.9 Å². The molecule has 1 aliphatic carbocycles. The first-order valence-corrected chi connectivity index (χ1v) is 9.90. The molecule has 2 aromatic heterocycles. The van der Waals surface area contributed by atoms with Crippen molar-refractivity contribution in [3.63, 3.8) is 0 Å². The van der Waals surface area contributed by atoms with E-state index in [2.05, 4.69) is 20.5 Å². The zero-order chi connectivity index (χ0) is 18.1. The maximum atomic E-state index is 12.4. The summed E-state index contributed by atoms with van der Waals surface area (Å²) in [5.41, 5.74) is -0.166. The number of nitrogens with zero attached hydrogens (tertiary/aromatic N) is 6. The quantitative estimate of drug-likeness (QED) is 0.261. The summed E-state index contributed by atoms with van der Waals surface area (Å²) in [7, 11) is 0. The summed E-state index contributed by atoms with van der Waals surface area (Å²) in [5.74, 6) is 1.41. The summed E-state index contributed by atoms with van der Waals surface area (Å²) < 4.78 is 2.25. The first-order valence-electron chi connectivity index (χ1n) is 8.10. The predicted octanol–water partition coefficient (Wildman–Crippen LogP) is 2.61. The molecule has 9 nitrogen and oxygen atoms in total. The molecule has 26 heavy (non-hydrogen) atoms. The molecule has 2 heterocycles. The van der Waals surface area contributed by atoms with Gasteiger partial charge in [-0.3, -0.25) is 14.9 Å². The summed E-state index contributed by atoms with van der Waals surface area (Å²) in [4.78, 5) is 22.7. The molecule has 1 aliphatic rings. The van der Waals surface area contributed by atoms with Crippen LogP contribution in [-0.4, -0.2) is 35.9 Å². The molecule has 0 radical (unpaired) electrons. The van der Waals surface area contributed by atoms with Crippen LogP contribution in [0.5, 0.6) is 0 Å². The average Bonchev–Trinajstić information content (AvgIpc) is 3.39. The van der Waals surface area contributed by atoms with E-state index in [1.807, 2.05) is 0 Å². The Morgan fingerprint density at radius 2 is 2.15 bits per heavy atom. The number of nitro groups is 1. The summed E-state index contributed by atoms with van der Waals surface area (Å²) in [6.07, 6.45) is 3.16. The van der Waals surface area contributed by atoms with Crippen molar-refractivity contribution in [2.24, 2.45) is 0 Å². The second kappa shape index (κ2) is 7.08. The van der Waals surface area contributed by atoms with Crippen molar-refractivity contribution in [1.29, 1.82) is 0 Å². The highest BCUT2D eigenvalue weighted by Crippen LogP contribution is 2.42. The first-order chi connectivity index (χ1) is 12.6. The van der Waals surface area contributed by atoms with Crippen molar-refractivity contribution in [2.75, 3.05) is 5.75 Å². The van der Waals surface area contributed by atoms with Gasteiger partial charge in [-0.15, -0.1) is 15.3 Å². The van der Waals surface area contributed by atoms with Gasteiger partial charge >= 0.3 is 0 Å². The van der Waals surface area contributed by atoms with E-state index in [4.69, 9.17) is 0 Å². The van der Waals surface area contributed by atoms with Gasteiger partial charge in [-0.1, -0.05) is 28.3 Å². The van der Waals surface area contributed by atoms with Gasteiger partial charge < -0.3 is 0 Å². The predicted molar refractivity (Wildman–Crippen MR) is 97.7 cm³/mol.